The Morgan fingerprint density at radius 1 is 1.36 bits per heavy atom. The van der Waals surface area contributed by atoms with E-state index < -0.39 is 0 Å². The van der Waals surface area contributed by atoms with Crippen molar-refractivity contribution >= 4 is 16.6 Å². The SMILES string of the molecule is N#Cc1c2ncn(C/C(=N/O)c3ccccc3)c(=O)c2c2n1CCC2. The summed E-state index contributed by atoms with van der Waals surface area (Å²) in [4.78, 5) is 17.3. The highest BCUT2D eigenvalue weighted by atomic mass is 16.4. The van der Waals surface area contributed by atoms with Gasteiger partial charge in [-0.25, -0.2) is 4.98 Å². The zero-order chi connectivity index (χ0) is 17.4. The van der Waals surface area contributed by atoms with Crippen LogP contribution in [0.2, 0.25) is 0 Å². The molecule has 1 aliphatic heterocycles. The van der Waals surface area contributed by atoms with Gasteiger partial charge >= 0.3 is 0 Å². The Morgan fingerprint density at radius 3 is 2.88 bits per heavy atom. The Bertz CT molecular complexity index is 1090. The van der Waals surface area contributed by atoms with Crippen LogP contribution in [0.25, 0.3) is 10.9 Å². The number of hydrogen-bond acceptors (Lipinski definition) is 5. The summed E-state index contributed by atoms with van der Waals surface area (Å²) in [5, 5.41) is 22.6. The van der Waals surface area contributed by atoms with Gasteiger partial charge in [0.15, 0.2) is 0 Å². The predicted molar refractivity (Wildman–Crippen MR) is 91.8 cm³/mol. The third-order valence-corrected chi connectivity index (χ3v) is 4.60. The number of hydrogen-bond donors (Lipinski definition) is 1. The molecule has 1 aromatic carbocycles. The zero-order valence-electron chi connectivity index (χ0n) is 13.4. The molecule has 0 amide bonds. The largest absolute Gasteiger partial charge is 0.411 e. The fourth-order valence-electron chi connectivity index (χ4n) is 3.44. The molecular formula is C18H15N5O2. The number of rotatable bonds is 3. The minimum absolute atomic E-state index is 0.106. The molecular weight excluding hydrogens is 318 g/mol. The predicted octanol–water partition coefficient (Wildman–Crippen LogP) is 1.89. The monoisotopic (exact) mass is 333 g/mol. The van der Waals surface area contributed by atoms with Gasteiger partial charge in [-0.1, -0.05) is 35.5 Å². The lowest BCUT2D eigenvalue weighted by molar-refractivity contribution is 0.317. The Hall–Kier alpha value is -3.40. The molecule has 4 rings (SSSR count). The fraction of sp³-hybridized carbons (Fsp3) is 0.222. The standard InChI is InChI=1S/C18H15N5O2/c19-9-15-17-16(14-7-4-8-23(14)15)18(24)22(11-20-17)10-13(21-25)12-5-2-1-3-6-12/h1-3,5-6,11,25H,4,7-8,10H2/b21-13-. The highest BCUT2D eigenvalue weighted by Crippen LogP contribution is 2.27. The third-order valence-electron chi connectivity index (χ3n) is 4.60. The second-order valence-electron chi connectivity index (χ2n) is 5.98. The molecule has 0 unspecified atom stereocenters. The molecule has 0 aliphatic carbocycles. The van der Waals surface area contributed by atoms with E-state index >= 15 is 0 Å². The van der Waals surface area contributed by atoms with Crippen LogP contribution in [0.5, 0.6) is 0 Å². The van der Waals surface area contributed by atoms with Gasteiger partial charge in [-0.05, 0) is 12.8 Å². The topological polar surface area (TPSA) is 96.2 Å². The van der Waals surface area contributed by atoms with E-state index in [9.17, 15) is 15.3 Å². The van der Waals surface area contributed by atoms with Gasteiger partial charge < -0.3 is 9.77 Å². The second-order valence-corrected chi connectivity index (χ2v) is 5.98. The van der Waals surface area contributed by atoms with Gasteiger partial charge in [-0.3, -0.25) is 9.36 Å². The average Bonchev–Trinajstić information content (AvgIpc) is 3.22. The van der Waals surface area contributed by atoms with Gasteiger partial charge in [0.25, 0.3) is 5.56 Å². The molecule has 7 heteroatoms. The van der Waals surface area contributed by atoms with E-state index in [-0.39, 0.29) is 12.1 Å². The average molecular weight is 333 g/mol. The van der Waals surface area contributed by atoms with Crippen LogP contribution in [-0.4, -0.2) is 25.0 Å². The van der Waals surface area contributed by atoms with Gasteiger partial charge in [0.1, 0.15) is 23.0 Å². The highest BCUT2D eigenvalue weighted by molar-refractivity contribution is 6.00. The van der Waals surface area contributed by atoms with Crippen molar-refractivity contribution in [2.45, 2.75) is 25.9 Å². The first-order chi connectivity index (χ1) is 12.2. The maximum atomic E-state index is 13.0. The fourth-order valence-corrected chi connectivity index (χ4v) is 3.44. The quantitative estimate of drug-likeness (QED) is 0.450. The molecule has 3 heterocycles. The summed E-state index contributed by atoms with van der Waals surface area (Å²) in [5.41, 5.74) is 2.68. The molecule has 0 spiro atoms. The first-order valence-corrected chi connectivity index (χ1v) is 8.01. The summed E-state index contributed by atoms with van der Waals surface area (Å²) < 4.78 is 3.31. The van der Waals surface area contributed by atoms with E-state index in [1.807, 2.05) is 34.9 Å². The van der Waals surface area contributed by atoms with E-state index in [1.54, 1.807) is 0 Å². The van der Waals surface area contributed by atoms with Crippen LogP contribution in [0.4, 0.5) is 0 Å². The van der Waals surface area contributed by atoms with Gasteiger partial charge in [-0.2, -0.15) is 5.26 Å². The Labute approximate surface area is 143 Å². The van der Waals surface area contributed by atoms with Crippen LogP contribution >= 0.6 is 0 Å². The molecule has 1 aliphatic rings. The molecule has 0 saturated carbocycles. The van der Waals surface area contributed by atoms with Crippen molar-refractivity contribution in [3.05, 3.63) is 64.0 Å². The number of aryl methyl sites for hydroxylation is 1. The molecule has 0 fully saturated rings. The van der Waals surface area contributed by atoms with Crippen LogP contribution in [0.1, 0.15) is 23.4 Å². The van der Waals surface area contributed by atoms with Crippen molar-refractivity contribution < 1.29 is 5.21 Å². The molecule has 7 nitrogen and oxygen atoms in total. The Kier molecular flexibility index (Phi) is 3.58. The van der Waals surface area contributed by atoms with E-state index in [1.165, 1.54) is 10.9 Å². The van der Waals surface area contributed by atoms with Crippen LogP contribution < -0.4 is 5.56 Å². The van der Waals surface area contributed by atoms with Gasteiger partial charge in [0, 0.05) is 17.8 Å². The smallest absolute Gasteiger partial charge is 0.263 e. The van der Waals surface area contributed by atoms with Crippen LogP contribution in [0, 0.1) is 11.3 Å². The van der Waals surface area contributed by atoms with Crippen molar-refractivity contribution in [3.63, 3.8) is 0 Å². The lowest BCUT2D eigenvalue weighted by Crippen LogP contribution is -2.25. The van der Waals surface area contributed by atoms with Crippen molar-refractivity contribution in [3.8, 4) is 6.07 Å². The van der Waals surface area contributed by atoms with Gasteiger partial charge in [0.2, 0.25) is 0 Å². The Morgan fingerprint density at radius 2 is 2.16 bits per heavy atom. The first-order valence-electron chi connectivity index (χ1n) is 8.01. The maximum Gasteiger partial charge on any atom is 0.263 e. The van der Waals surface area contributed by atoms with Crippen LogP contribution in [0.15, 0.2) is 46.6 Å². The van der Waals surface area contributed by atoms with Crippen LogP contribution in [0.3, 0.4) is 0 Å². The van der Waals surface area contributed by atoms with E-state index in [4.69, 9.17) is 0 Å². The van der Waals surface area contributed by atoms with Crippen molar-refractivity contribution in [2.75, 3.05) is 0 Å². The minimum Gasteiger partial charge on any atom is -0.411 e. The lowest BCUT2D eigenvalue weighted by atomic mass is 10.1. The summed E-state index contributed by atoms with van der Waals surface area (Å²) in [5.74, 6) is 0. The molecule has 0 bridgehead atoms. The second kappa shape index (κ2) is 5.91. The number of fused-ring (bicyclic) bond motifs is 3. The summed E-state index contributed by atoms with van der Waals surface area (Å²) >= 11 is 0. The van der Waals surface area contributed by atoms with E-state index in [2.05, 4.69) is 16.2 Å². The summed E-state index contributed by atoms with van der Waals surface area (Å²) in [6.45, 7) is 0.843. The van der Waals surface area contributed by atoms with E-state index in [0.29, 0.717) is 22.3 Å². The number of aromatic nitrogens is 3. The molecule has 0 atom stereocenters. The molecule has 25 heavy (non-hydrogen) atoms. The van der Waals surface area contributed by atoms with Crippen molar-refractivity contribution in [1.29, 1.82) is 5.26 Å². The number of oxime groups is 1. The highest BCUT2D eigenvalue weighted by Gasteiger charge is 2.25. The first kappa shape index (κ1) is 15.1. The zero-order valence-corrected chi connectivity index (χ0v) is 13.4. The number of nitriles is 1. The minimum atomic E-state index is -0.214. The molecule has 2 aromatic heterocycles. The van der Waals surface area contributed by atoms with Gasteiger partial charge in [-0.15, -0.1) is 0 Å². The van der Waals surface area contributed by atoms with Gasteiger partial charge in [0.05, 0.1) is 18.3 Å². The van der Waals surface area contributed by atoms with Crippen molar-refractivity contribution in [1.82, 2.24) is 14.1 Å². The lowest BCUT2D eigenvalue weighted by Gasteiger charge is -2.08. The summed E-state index contributed by atoms with van der Waals surface area (Å²) in [7, 11) is 0. The van der Waals surface area contributed by atoms with Crippen LogP contribution in [-0.2, 0) is 19.5 Å². The maximum absolute atomic E-state index is 13.0. The molecule has 3 aromatic rings. The van der Waals surface area contributed by atoms with E-state index in [0.717, 1.165) is 30.6 Å². The Balaban J connectivity index is 1.84. The third kappa shape index (κ3) is 2.31. The number of benzene rings is 1. The molecule has 124 valence electrons. The number of nitrogens with zero attached hydrogens (tertiary/aromatic N) is 5. The summed E-state index contributed by atoms with van der Waals surface area (Å²) in [6, 6.07) is 11.3. The normalized spacial score (nSPS) is 13.8. The molecule has 0 radical (unpaired) electrons. The summed E-state index contributed by atoms with van der Waals surface area (Å²) in [6.07, 6.45) is 3.09. The molecule has 1 N–H and O–H groups in total. The molecule has 0 saturated heterocycles. The van der Waals surface area contributed by atoms with Crippen molar-refractivity contribution in [2.24, 2.45) is 5.16 Å².